The molecule has 2 heterocycles. The van der Waals surface area contributed by atoms with Gasteiger partial charge in [-0.25, -0.2) is 0 Å². The zero-order valence-electron chi connectivity index (χ0n) is 10.2. The van der Waals surface area contributed by atoms with Gasteiger partial charge in [0.15, 0.2) is 11.5 Å². The Balaban J connectivity index is 2.17. The summed E-state index contributed by atoms with van der Waals surface area (Å²) in [5.74, 6) is 1.49. The Labute approximate surface area is 109 Å². The van der Waals surface area contributed by atoms with E-state index in [1.165, 1.54) is 4.88 Å². The first-order valence-electron chi connectivity index (χ1n) is 5.60. The number of methoxy groups -OCH3 is 2. The van der Waals surface area contributed by atoms with Crippen LogP contribution in [0, 0.1) is 0 Å². The standard InChI is InChI=1S/C14H13NO2S/c1-16-12-7-9-6-11(14-4-3-5-18-14)15-10(9)8-13(12)17-2/h3-8,15H,1-2H3. The summed E-state index contributed by atoms with van der Waals surface area (Å²) in [4.78, 5) is 4.62. The molecule has 0 spiro atoms. The molecule has 0 bridgehead atoms. The third-order valence-corrected chi connectivity index (χ3v) is 3.81. The molecule has 92 valence electrons. The normalized spacial score (nSPS) is 10.8. The lowest BCUT2D eigenvalue weighted by molar-refractivity contribution is 0.356. The lowest BCUT2D eigenvalue weighted by Crippen LogP contribution is -1.89. The smallest absolute Gasteiger partial charge is 0.162 e. The molecule has 0 aliphatic rings. The first-order chi connectivity index (χ1) is 8.81. The molecule has 0 fully saturated rings. The molecule has 0 amide bonds. The fourth-order valence-corrected chi connectivity index (χ4v) is 2.72. The first-order valence-corrected chi connectivity index (χ1v) is 6.48. The van der Waals surface area contributed by atoms with Crippen molar-refractivity contribution in [1.29, 1.82) is 0 Å². The summed E-state index contributed by atoms with van der Waals surface area (Å²) in [6.45, 7) is 0. The molecule has 0 radical (unpaired) electrons. The third-order valence-electron chi connectivity index (χ3n) is 2.91. The van der Waals surface area contributed by atoms with Crippen LogP contribution in [0.5, 0.6) is 11.5 Å². The molecular formula is C14H13NO2S. The van der Waals surface area contributed by atoms with Crippen molar-refractivity contribution in [1.82, 2.24) is 4.98 Å². The summed E-state index contributed by atoms with van der Waals surface area (Å²) in [6, 6.07) is 10.2. The van der Waals surface area contributed by atoms with E-state index in [1.54, 1.807) is 25.6 Å². The van der Waals surface area contributed by atoms with Gasteiger partial charge in [0.25, 0.3) is 0 Å². The van der Waals surface area contributed by atoms with Gasteiger partial charge in [-0.3, -0.25) is 0 Å². The molecule has 1 aromatic carbocycles. The number of hydrogen-bond acceptors (Lipinski definition) is 3. The second-order valence-corrected chi connectivity index (χ2v) is 4.90. The van der Waals surface area contributed by atoms with E-state index < -0.39 is 0 Å². The topological polar surface area (TPSA) is 34.2 Å². The van der Waals surface area contributed by atoms with Crippen molar-refractivity contribution in [2.24, 2.45) is 0 Å². The second kappa shape index (κ2) is 4.38. The molecule has 18 heavy (non-hydrogen) atoms. The number of nitrogens with one attached hydrogen (secondary N) is 1. The molecule has 2 aromatic heterocycles. The Morgan fingerprint density at radius 1 is 1.06 bits per heavy atom. The monoisotopic (exact) mass is 259 g/mol. The Bertz CT molecular complexity index is 629. The Hall–Kier alpha value is -1.94. The largest absolute Gasteiger partial charge is 0.493 e. The average Bonchev–Trinajstić information content (AvgIpc) is 3.04. The minimum atomic E-state index is 0.740. The van der Waals surface area contributed by atoms with Crippen LogP contribution in [0.4, 0.5) is 0 Å². The van der Waals surface area contributed by atoms with Crippen LogP contribution in [0.2, 0.25) is 0 Å². The van der Waals surface area contributed by atoms with E-state index in [4.69, 9.17) is 9.47 Å². The molecule has 0 aliphatic carbocycles. The molecule has 0 aliphatic heterocycles. The highest BCUT2D eigenvalue weighted by molar-refractivity contribution is 7.13. The number of hydrogen-bond donors (Lipinski definition) is 1. The molecule has 3 nitrogen and oxygen atoms in total. The quantitative estimate of drug-likeness (QED) is 0.773. The van der Waals surface area contributed by atoms with E-state index in [0.29, 0.717) is 0 Å². The molecule has 0 saturated heterocycles. The minimum Gasteiger partial charge on any atom is -0.493 e. The summed E-state index contributed by atoms with van der Waals surface area (Å²) in [5.41, 5.74) is 2.17. The Morgan fingerprint density at radius 2 is 1.83 bits per heavy atom. The summed E-state index contributed by atoms with van der Waals surface area (Å²) >= 11 is 1.72. The zero-order chi connectivity index (χ0) is 12.5. The third kappa shape index (κ3) is 1.75. The van der Waals surface area contributed by atoms with Gasteiger partial charge in [0.1, 0.15) is 0 Å². The van der Waals surface area contributed by atoms with Gasteiger partial charge in [-0.05, 0) is 23.6 Å². The zero-order valence-corrected chi connectivity index (χ0v) is 11.0. The van der Waals surface area contributed by atoms with Gasteiger partial charge in [-0.2, -0.15) is 0 Å². The van der Waals surface area contributed by atoms with Gasteiger partial charge in [-0.15, -0.1) is 11.3 Å². The van der Waals surface area contributed by atoms with Crippen molar-refractivity contribution in [2.45, 2.75) is 0 Å². The van der Waals surface area contributed by atoms with Crippen LogP contribution in [0.15, 0.2) is 35.7 Å². The fraction of sp³-hybridized carbons (Fsp3) is 0.143. The van der Waals surface area contributed by atoms with Crippen LogP contribution < -0.4 is 9.47 Å². The van der Waals surface area contributed by atoms with E-state index in [2.05, 4.69) is 22.5 Å². The number of H-pyrrole nitrogens is 1. The average molecular weight is 259 g/mol. The predicted molar refractivity (Wildman–Crippen MR) is 74.7 cm³/mol. The van der Waals surface area contributed by atoms with Crippen molar-refractivity contribution < 1.29 is 9.47 Å². The molecule has 4 heteroatoms. The second-order valence-electron chi connectivity index (χ2n) is 3.95. The summed E-state index contributed by atoms with van der Waals surface area (Å²) in [7, 11) is 3.29. The minimum absolute atomic E-state index is 0.740. The highest BCUT2D eigenvalue weighted by Crippen LogP contribution is 2.35. The van der Waals surface area contributed by atoms with Gasteiger partial charge in [0.05, 0.1) is 24.8 Å². The SMILES string of the molecule is COc1cc2cc(-c3cccs3)[nH]c2cc1OC. The van der Waals surface area contributed by atoms with Crippen molar-refractivity contribution in [2.75, 3.05) is 14.2 Å². The number of thiophene rings is 1. The molecule has 3 rings (SSSR count). The summed E-state index contributed by atoms with van der Waals surface area (Å²) < 4.78 is 10.6. The maximum Gasteiger partial charge on any atom is 0.162 e. The highest BCUT2D eigenvalue weighted by atomic mass is 32.1. The summed E-state index contributed by atoms with van der Waals surface area (Å²) in [5, 5.41) is 3.19. The molecule has 0 atom stereocenters. The lowest BCUT2D eigenvalue weighted by atomic mass is 10.2. The molecular weight excluding hydrogens is 246 g/mol. The van der Waals surface area contributed by atoms with Crippen molar-refractivity contribution in [3.05, 3.63) is 35.7 Å². The van der Waals surface area contributed by atoms with E-state index >= 15 is 0 Å². The van der Waals surface area contributed by atoms with Crippen molar-refractivity contribution in [3.8, 4) is 22.1 Å². The van der Waals surface area contributed by atoms with Crippen LogP contribution in [-0.2, 0) is 0 Å². The van der Waals surface area contributed by atoms with Gasteiger partial charge < -0.3 is 14.5 Å². The predicted octanol–water partition coefficient (Wildman–Crippen LogP) is 3.91. The molecule has 3 aromatic rings. The Morgan fingerprint density at radius 3 is 2.50 bits per heavy atom. The van der Waals surface area contributed by atoms with Crippen LogP contribution in [0.3, 0.4) is 0 Å². The molecule has 0 unspecified atom stereocenters. The van der Waals surface area contributed by atoms with Gasteiger partial charge >= 0.3 is 0 Å². The number of aromatic amines is 1. The lowest BCUT2D eigenvalue weighted by Gasteiger charge is -2.06. The maximum absolute atomic E-state index is 5.31. The van der Waals surface area contributed by atoms with Gasteiger partial charge in [0.2, 0.25) is 0 Å². The number of benzene rings is 1. The van der Waals surface area contributed by atoms with Crippen molar-refractivity contribution in [3.63, 3.8) is 0 Å². The van der Waals surface area contributed by atoms with E-state index in [-0.39, 0.29) is 0 Å². The van der Waals surface area contributed by atoms with Crippen LogP contribution in [0.1, 0.15) is 0 Å². The number of ether oxygens (including phenoxy) is 2. The van der Waals surface area contributed by atoms with Gasteiger partial charge in [0, 0.05) is 17.0 Å². The van der Waals surface area contributed by atoms with Crippen molar-refractivity contribution >= 4 is 22.2 Å². The first kappa shape index (κ1) is 11.2. The van der Waals surface area contributed by atoms with Gasteiger partial charge in [-0.1, -0.05) is 6.07 Å². The maximum atomic E-state index is 5.31. The molecule has 0 saturated carbocycles. The van der Waals surface area contributed by atoms with E-state index in [1.807, 2.05) is 18.2 Å². The summed E-state index contributed by atoms with van der Waals surface area (Å²) in [6.07, 6.45) is 0. The number of rotatable bonds is 3. The van der Waals surface area contributed by atoms with E-state index in [0.717, 1.165) is 28.1 Å². The Kier molecular flexibility index (Phi) is 2.72. The molecule has 1 N–H and O–H groups in total. The fourth-order valence-electron chi connectivity index (χ4n) is 2.02. The highest BCUT2D eigenvalue weighted by Gasteiger charge is 2.09. The number of fused-ring (bicyclic) bond motifs is 1. The number of aromatic nitrogens is 1. The van der Waals surface area contributed by atoms with Crippen LogP contribution >= 0.6 is 11.3 Å². The van der Waals surface area contributed by atoms with E-state index in [9.17, 15) is 0 Å². The van der Waals surface area contributed by atoms with Crippen LogP contribution in [-0.4, -0.2) is 19.2 Å². The van der Waals surface area contributed by atoms with Crippen LogP contribution in [0.25, 0.3) is 21.5 Å².